The minimum absolute atomic E-state index is 0.0378. The highest BCUT2D eigenvalue weighted by atomic mass is 79.9. The Labute approximate surface area is 88.6 Å². The molecule has 0 heterocycles. The molecule has 0 aliphatic carbocycles. The van der Waals surface area contributed by atoms with Crippen molar-refractivity contribution in [2.45, 2.75) is 38.0 Å². The molecular weight excluding hydrogens is 256 g/mol. The number of aliphatic hydroxyl groups excluding tert-OH is 1. The van der Waals surface area contributed by atoms with Gasteiger partial charge in [-0.05, 0) is 5.41 Å². The van der Waals surface area contributed by atoms with Crippen LogP contribution in [-0.4, -0.2) is 29.5 Å². The quantitative estimate of drug-likeness (QED) is 0.794. The first-order chi connectivity index (χ1) is 5.63. The van der Waals surface area contributed by atoms with Crippen LogP contribution in [0.4, 0.5) is 0 Å². The Morgan fingerprint density at radius 2 is 1.77 bits per heavy atom. The fraction of sp³-hybridized carbons (Fsp3) is 1.00. The van der Waals surface area contributed by atoms with Crippen molar-refractivity contribution in [3.63, 3.8) is 0 Å². The molecular formula is C8H17BrO3S. The van der Waals surface area contributed by atoms with E-state index < -0.39 is 25.5 Å². The van der Waals surface area contributed by atoms with Crippen LogP contribution in [0, 0.1) is 5.41 Å². The van der Waals surface area contributed by atoms with Crippen molar-refractivity contribution in [2.24, 2.45) is 5.41 Å². The number of halogens is 1. The third-order valence-corrected chi connectivity index (χ3v) is 5.84. The van der Waals surface area contributed by atoms with Gasteiger partial charge in [0.2, 0.25) is 0 Å². The average Bonchev–Trinajstić information content (AvgIpc) is 2.00. The molecule has 0 radical (unpaired) electrons. The second kappa shape index (κ2) is 4.28. The highest BCUT2D eigenvalue weighted by Gasteiger charge is 2.36. The van der Waals surface area contributed by atoms with Crippen LogP contribution in [0.3, 0.4) is 0 Å². The van der Waals surface area contributed by atoms with Crippen LogP contribution in [0.2, 0.25) is 0 Å². The van der Waals surface area contributed by atoms with Crippen LogP contribution >= 0.6 is 15.9 Å². The fourth-order valence-corrected chi connectivity index (χ4v) is 3.45. The van der Waals surface area contributed by atoms with E-state index in [1.807, 2.05) is 0 Å². The lowest BCUT2D eigenvalue weighted by molar-refractivity contribution is 0.0772. The maximum absolute atomic E-state index is 11.4. The van der Waals surface area contributed by atoms with Crippen LogP contribution in [0.15, 0.2) is 0 Å². The summed E-state index contributed by atoms with van der Waals surface area (Å²) in [4.78, 5) is 0. The maximum Gasteiger partial charge on any atom is 0.165 e. The van der Waals surface area contributed by atoms with Gasteiger partial charge >= 0.3 is 0 Å². The molecule has 0 aromatic heterocycles. The molecule has 0 saturated carbocycles. The lowest BCUT2D eigenvalue weighted by Gasteiger charge is -2.29. The molecule has 0 aromatic rings. The number of sulfone groups is 1. The zero-order valence-electron chi connectivity index (χ0n) is 8.41. The first-order valence-corrected chi connectivity index (χ1v) is 6.79. The van der Waals surface area contributed by atoms with E-state index in [-0.39, 0.29) is 5.75 Å². The van der Waals surface area contributed by atoms with E-state index in [4.69, 9.17) is 0 Å². The molecule has 0 spiro atoms. The molecule has 5 heteroatoms. The molecule has 0 unspecified atom stereocenters. The number of aliphatic hydroxyl groups is 1. The van der Waals surface area contributed by atoms with E-state index >= 15 is 0 Å². The van der Waals surface area contributed by atoms with Gasteiger partial charge in [-0.1, -0.05) is 43.6 Å². The third kappa shape index (κ3) is 3.56. The summed E-state index contributed by atoms with van der Waals surface area (Å²) >= 11 is 3.02. The molecule has 1 N–H and O–H groups in total. The molecule has 3 nitrogen and oxygen atoms in total. The van der Waals surface area contributed by atoms with Crippen molar-refractivity contribution in [1.82, 2.24) is 0 Å². The van der Waals surface area contributed by atoms with Gasteiger partial charge in [0.25, 0.3) is 0 Å². The van der Waals surface area contributed by atoms with E-state index in [0.717, 1.165) is 0 Å². The molecule has 0 fully saturated rings. The van der Waals surface area contributed by atoms with Gasteiger partial charge in [0.15, 0.2) is 9.84 Å². The SMILES string of the molecule is CCS(=O)(=O)[C@@H](Br)[C@@H](O)C(C)(C)C. The Hall–Kier alpha value is 0.390. The molecule has 80 valence electrons. The van der Waals surface area contributed by atoms with Crippen molar-refractivity contribution >= 4 is 25.8 Å². The molecule has 0 amide bonds. The van der Waals surface area contributed by atoms with Crippen LogP contribution in [-0.2, 0) is 9.84 Å². The lowest BCUT2D eigenvalue weighted by Crippen LogP contribution is -2.39. The molecule has 0 bridgehead atoms. The minimum atomic E-state index is -3.21. The van der Waals surface area contributed by atoms with Crippen LogP contribution in [0.5, 0.6) is 0 Å². The van der Waals surface area contributed by atoms with Crippen molar-refractivity contribution in [2.75, 3.05) is 5.75 Å². The monoisotopic (exact) mass is 272 g/mol. The largest absolute Gasteiger partial charge is 0.390 e. The van der Waals surface area contributed by atoms with E-state index in [9.17, 15) is 13.5 Å². The highest BCUT2D eigenvalue weighted by Crippen LogP contribution is 2.28. The van der Waals surface area contributed by atoms with Crippen LogP contribution in [0.1, 0.15) is 27.7 Å². The Bertz CT molecular complexity index is 253. The fourth-order valence-electron chi connectivity index (χ4n) is 0.749. The number of alkyl halides is 1. The Morgan fingerprint density at radius 3 is 2.00 bits per heavy atom. The second-order valence-corrected chi connectivity index (χ2v) is 8.12. The highest BCUT2D eigenvalue weighted by molar-refractivity contribution is 9.11. The lowest BCUT2D eigenvalue weighted by atomic mass is 9.90. The van der Waals surface area contributed by atoms with Gasteiger partial charge in [-0.25, -0.2) is 8.42 Å². The number of rotatable bonds is 3. The first-order valence-electron chi connectivity index (χ1n) is 4.16. The number of hydrogen-bond acceptors (Lipinski definition) is 3. The topological polar surface area (TPSA) is 54.4 Å². The summed E-state index contributed by atoms with van der Waals surface area (Å²) < 4.78 is 21.9. The molecule has 0 aliphatic heterocycles. The Kier molecular flexibility index (Phi) is 4.40. The van der Waals surface area contributed by atoms with E-state index in [1.165, 1.54) is 0 Å². The molecule has 2 atom stereocenters. The van der Waals surface area contributed by atoms with E-state index in [1.54, 1.807) is 27.7 Å². The molecule has 0 aromatic carbocycles. The van der Waals surface area contributed by atoms with E-state index in [0.29, 0.717) is 0 Å². The molecule has 0 aliphatic rings. The standard InChI is InChI=1S/C8H17BrO3S/c1-5-13(11,12)7(9)6(10)8(2,3)4/h6-7,10H,5H2,1-4H3/t6-,7-/m1/s1. The Morgan fingerprint density at radius 1 is 1.38 bits per heavy atom. The predicted octanol–water partition coefficient (Wildman–Crippen LogP) is 1.55. The van der Waals surface area contributed by atoms with Gasteiger partial charge in [-0.15, -0.1) is 0 Å². The summed E-state index contributed by atoms with van der Waals surface area (Å²) in [7, 11) is -3.21. The maximum atomic E-state index is 11.4. The first kappa shape index (κ1) is 13.4. The summed E-state index contributed by atoms with van der Waals surface area (Å²) in [5, 5.41) is 9.69. The number of hydrogen-bond donors (Lipinski definition) is 1. The molecule has 0 rings (SSSR count). The summed E-state index contributed by atoms with van der Waals surface area (Å²) in [5.74, 6) is 0.0378. The summed E-state index contributed by atoms with van der Waals surface area (Å²) in [6.07, 6.45) is -0.891. The van der Waals surface area contributed by atoms with Gasteiger partial charge in [0, 0.05) is 5.75 Å². The van der Waals surface area contributed by atoms with Crippen LogP contribution < -0.4 is 0 Å². The van der Waals surface area contributed by atoms with Crippen molar-refractivity contribution < 1.29 is 13.5 Å². The summed E-state index contributed by atoms with van der Waals surface area (Å²) in [6, 6.07) is 0. The van der Waals surface area contributed by atoms with Crippen molar-refractivity contribution in [3.05, 3.63) is 0 Å². The Balaban J connectivity index is 4.73. The predicted molar refractivity (Wildman–Crippen MR) is 57.6 cm³/mol. The summed E-state index contributed by atoms with van der Waals surface area (Å²) in [6.45, 7) is 6.98. The van der Waals surface area contributed by atoms with Gasteiger partial charge in [-0.2, -0.15) is 0 Å². The third-order valence-electron chi connectivity index (χ3n) is 1.88. The normalized spacial score (nSPS) is 18.3. The van der Waals surface area contributed by atoms with Crippen LogP contribution in [0.25, 0.3) is 0 Å². The zero-order valence-corrected chi connectivity index (χ0v) is 10.8. The van der Waals surface area contributed by atoms with Crippen molar-refractivity contribution in [1.29, 1.82) is 0 Å². The smallest absolute Gasteiger partial charge is 0.165 e. The minimum Gasteiger partial charge on any atom is -0.390 e. The molecule has 0 saturated heterocycles. The van der Waals surface area contributed by atoms with Gasteiger partial charge in [-0.3, -0.25) is 0 Å². The molecule has 13 heavy (non-hydrogen) atoms. The average molecular weight is 273 g/mol. The van der Waals surface area contributed by atoms with Gasteiger partial charge in [0.05, 0.1) is 6.10 Å². The van der Waals surface area contributed by atoms with E-state index in [2.05, 4.69) is 15.9 Å². The van der Waals surface area contributed by atoms with Crippen molar-refractivity contribution in [3.8, 4) is 0 Å². The zero-order chi connectivity index (χ0) is 10.9. The summed E-state index contributed by atoms with van der Waals surface area (Å²) in [5.41, 5.74) is -0.434. The van der Waals surface area contributed by atoms with Gasteiger partial charge in [0.1, 0.15) is 4.16 Å². The van der Waals surface area contributed by atoms with Gasteiger partial charge < -0.3 is 5.11 Å². The second-order valence-electron chi connectivity index (χ2n) is 4.11.